The van der Waals surface area contributed by atoms with E-state index < -0.39 is 0 Å². The van der Waals surface area contributed by atoms with E-state index in [4.69, 9.17) is 0 Å². The van der Waals surface area contributed by atoms with E-state index in [-0.39, 0.29) is 11.8 Å². The highest BCUT2D eigenvalue weighted by atomic mass is 16.2. The van der Waals surface area contributed by atoms with Crippen molar-refractivity contribution in [1.82, 2.24) is 4.98 Å². The lowest BCUT2D eigenvalue weighted by molar-refractivity contribution is -0.116. The molecule has 0 unspecified atom stereocenters. The van der Waals surface area contributed by atoms with E-state index in [9.17, 15) is 9.59 Å². The summed E-state index contributed by atoms with van der Waals surface area (Å²) in [5.41, 5.74) is 3.67. The fourth-order valence-electron chi connectivity index (χ4n) is 2.68. The molecule has 0 aliphatic heterocycles. The van der Waals surface area contributed by atoms with E-state index in [0.29, 0.717) is 24.2 Å². The zero-order valence-corrected chi connectivity index (χ0v) is 13.4. The topological polar surface area (TPSA) is 74.0 Å². The average molecular weight is 321 g/mol. The monoisotopic (exact) mass is 321 g/mol. The first-order valence-electron chi connectivity index (χ1n) is 7.84. The number of carbonyl (C=O) groups excluding carboxylic acids is 2. The SMILES string of the molecule is CC(=O)Nc1ccc(NC(=O)CCc2cccc3[nH]ccc23)cc1. The van der Waals surface area contributed by atoms with Gasteiger partial charge < -0.3 is 15.6 Å². The summed E-state index contributed by atoms with van der Waals surface area (Å²) in [4.78, 5) is 26.3. The third-order valence-corrected chi connectivity index (χ3v) is 3.80. The first-order valence-corrected chi connectivity index (χ1v) is 7.84. The number of hydrogen-bond acceptors (Lipinski definition) is 2. The fourth-order valence-corrected chi connectivity index (χ4v) is 2.68. The molecular formula is C19H19N3O2. The number of anilines is 2. The van der Waals surface area contributed by atoms with Gasteiger partial charge in [0.05, 0.1) is 0 Å². The predicted octanol–water partition coefficient (Wildman–Crippen LogP) is 3.70. The van der Waals surface area contributed by atoms with E-state index in [1.807, 2.05) is 30.5 Å². The van der Waals surface area contributed by atoms with Gasteiger partial charge in [-0.3, -0.25) is 9.59 Å². The van der Waals surface area contributed by atoms with Gasteiger partial charge in [0.2, 0.25) is 11.8 Å². The second-order valence-corrected chi connectivity index (χ2v) is 5.66. The summed E-state index contributed by atoms with van der Waals surface area (Å²) in [5.74, 6) is -0.152. The Morgan fingerprint density at radius 2 is 1.67 bits per heavy atom. The third-order valence-electron chi connectivity index (χ3n) is 3.80. The molecule has 3 aromatic rings. The van der Waals surface area contributed by atoms with Gasteiger partial charge in [0.25, 0.3) is 0 Å². The maximum atomic E-state index is 12.1. The molecule has 1 heterocycles. The van der Waals surface area contributed by atoms with Crippen LogP contribution in [0, 0.1) is 0 Å². The molecule has 0 aliphatic rings. The summed E-state index contributed by atoms with van der Waals surface area (Å²) in [6.45, 7) is 1.46. The summed E-state index contributed by atoms with van der Waals surface area (Å²) in [5, 5.41) is 6.72. The molecule has 0 fully saturated rings. The van der Waals surface area contributed by atoms with Gasteiger partial charge in [-0.1, -0.05) is 12.1 Å². The lowest BCUT2D eigenvalue weighted by atomic mass is 10.1. The van der Waals surface area contributed by atoms with Crippen molar-refractivity contribution in [2.24, 2.45) is 0 Å². The van der Waals surface area contributed by atoms with Gasteiger partial charge in [0.15, 0.2) is 0 Å². The highest BCUT2D eigenvalue weighted by Gasteiger charge is 2.06. The van der Waals surface area contributed by atoms with Crippen molar-refractivity contribution in [3.63, 3.8) is 0 Å². The molecule has 0 aliphatic carbocycles. The number of hydrogen-bond donors (Lipinski definition) is 3. The molecule has 0 spiro atoms. The van der Waals surface area contributed by atoms with Crippen molar-refractivity contribution in [2.75, 3.05) is 10.6 Å². The molecule has 122 valence electrons. The zero-order valence-electron chi connectivity index (χ0n) is 13.4. The van der Waals surface area contributed by atoms with Crippen LogP contribution in [0.25, 0.3) is 10.9 Å². The van der Waals surface area contributed by atoms with Gasteiger partial charge in [-0.2, -0.15) is 0 Å². The first kappa shape index (κ1) is 15.8. The van der Waals surface area contributed by atoms with Gasteiger partial charge in [-0.25, -0.2) is 0 Å². The molecule has 3 rings (SSSR count). The predicted molar refractivity (Wildman–Crippen MR) is 96.0 cm³/mol. The minimum atomic E-state index is -0.120. The van der Waals surface area contributed by atoms with E-state index in [1.165, 1.54) is 6.92 Å². The van der Waals surface area contributed by atoms with Crippen LogP contribution in [0.1, 0.15) is 18.9 Å². The highest BCUT2D eigenvalue weighted by molar-refractivity contribution is 5.92. The number of amides is 2. The maximum Gasteiger partial charge on any atom is 0.224 e. The normalized spacial score (nSPS) is 10.5. The van der Waals surface area contributed by atoms with Gasteiger partial charge in [0, 0.05) is 41.8 Å². The Hall–Kier alpha value is -3.08. The van der Waals surface area contributed by atoms with Gasteiger partial charge in [-0.05, 0) is 48.4 Å². The van der Waals surface area contributed by atoms with Crippen molar-refractivity contribution in [3.8, 4) is 0 Å². The third kappa shape index (κ3) is 3.81. The van der Waals surface area contributed by atoms with E-state index >= 15 is 0 Å². The minimum absolute atomic E-state index is 0.0326. The molecule has 0 radical (unpaired) electrons. The van der Waals surface area contributed by atoms with E-state index in [1.54, 1.807) is 24.3 Å². The molecule has 5 nitrogen and oxygen atoms in total. The van der Waals surface area contributed by atoms with E-state index in [2.05, 4.69) is 15.6 Å². The van der Waals surface area contributed by atoms with Crippen molar-refractivity contribution < 1.29 is 9.59 Å². The fraction of sp³-hybridized carbons (Fsp3) is 0.158. The van der Waals surface area contributed by atoms with Crippen LogP contribution in [-0.2, 0) is 16.0 Å². The zero-order chi connectivity index (χ0) is 16.9. The molecular weight excluding hydrogens is 302 g/mol. The number of H-pyrrole nitrogens is 1. The van der Waals surface area contributed by atoms with Crippen molar-refractivity contribution in [2.45, 2.75) is 19.8 Å². The van der Waals surface area contributed by atoms with Crippen LogP contribution >= 0.6 is 0 Å². The number of nitrogens with one attached hydrogen (secondary N) is 3. The smallest absolute Gasteiger partial charge is 0.224 e. The van der Waals surface area contributed by atoms with E-state index in [0.717, 1.165) is 16.5 Å². The molecule has 1 aromatic heterocycles. The summed E-state index contributed by atoms with van der Waals surface area (Å²) >= 11 is 0. The quantitative estimate of drug-likeness (QED) is 0.670. The van der Waals surface area contributed by atoms with Gasteiger partial charge in [-0.15, -0.1) is 0 Å². The Labute approximate surface area is 140 Å². The Morgan fingerprint density at radius 1 is 0.958 bits per heavy atom. The second-order valence-electron chi connectivity index (χ2n) is 5.66. The molecule has 0 saturated carbocycles. The van der Waals surface area contributed by atoms with Crippen LogP contribution in [0.2, 0.25) is 0 Å². The summed E-state index contributed by atoms with van der Waals surface area (Å²) in [6, 6.07) is 15.2. The number of aryl methyl sites for hydroxylation is 1. The molecule has 0 saturated heterocycles. The Balaban J connectivity index is 1.57. The van der Waals surface area contributed by atoms with Crippen molar-refractivity contribution in [1.29, 1.82) is 0 Å². The van der Waals surface area contributed by atoms with Crippen LogP contribution in [-0.4, -0.2) is 16.8 Å². The average Bonchev–Trinajstić information content (AvgIpc) is 3.03. The van der Waals surface area contributed by atoms with Crippen LogP contribution in [0.15, 0.2) is 54.7 Å². The van der Waals surface area contributed by atoms with Crippen LogP contribution in [0.5, 0.6) is 0 Å². The second kappa shape index (κ2) is 7.00. The summed E-state index contributed by atoms with van der Waals surface area (Å²) in [6.07, 6.45) is 3.01. The molecule has 0 bridgehead atoms. The number of carbonyl (C=O) groups is 2. The van der Waals surface area contributed by atoms with Crippen LogP contribution < -0.4 is 10.6 Å². The highest BCUT2D eigenvalue weighted by Crippen LogP contribution is 2.19. The van der Waals surface area contributed by atoms with Crippen LogP contribution in [0.4, 0.5) is 11.4 Å². The molecule has 5 heteroatoms. The molecule has 2 amide bonds. The lowest BCUT2D eigenvalue weighted by Crippen LogP contribution is -2.12. The maximum absolute atomic E-state index is 12.1. The van der Waals surface area contributed by atoms with Crippen LogP contribution in [0.3, 0.4) is 0 Å². The molecule has 24 heavy (non-hydrogen) atoms. The van der Waals surface area contributed by atoms with Gasteiger partial charge >= 0.3 is 0 Å². The molecule has 0 atom stereocenters. The number of aromatic amines is 1. The Bertz CT molecular complexity index is 866. The van der Waals surface area contributed by atoms with Gasteiger partial charge in [0.1, 0.15) is 0 Å². The Morgan fingerprint density at radius 3 is 2.38 bits per heavy atom. The number of aromatic nitrogens is 1. The van der Waals surface area contributed by atoms with Crippen molar-refractivity contribution >= 4 is 34.1 Å². The standard InChI is InChI=1S/C19H19N3O2/c1-13(23)21-15-6-8-16(9-7-15)22-19(24)10-5-14-3-2-4-18-17(14)11-12-20-18/h2-4,6-9,11-12,20H,5,10H2,1H3,(H,21,23)(H,22,24). The molecule has 2 aromatic carbocycles. The largest absolute Gasteiger partial charge is 0.361 e. The number of fused-ring (bicyclic) bond motifs is 1. The van der Waals surface area contributed by atoms with Crippen molar-refractivity contribution in [3.05, 3.63) is 60.3 Å². The Kier molecular flexibility index (Phi) is 4.61. The summed E-state index contributed by atoms with van der Waals surface area (Å²) in [7, 11) is 0. The number of benzene rings is 2. The first-order chi connectivity index (χ1) is 11.6. The molecule has 3 N–H and O–H groups in total. The minimum Gasteiger partial charge on any atom is -0.361 e. The summed E-state index contributed by atoms with van der Waals surface area (Å²) < 4.78 is 0. The number of rotatable bonds is 5. The lowest BCUT2D eigenvalue weighted by Gasteiger charge is -2.07.